The van der Waals surface area contributed by atoms with E-state index in [9.17, 15) is 27.6 Å². The highest BCUT2D eigenvalue weighted by Gasteiger charge is 2.30. The number of anilines is 1. The SMILES string of the molecule is CCCCCNC(=O)[C@@H](NC(=O)c1ccc2nc(NC(=O)c3cccnc3-c3ccc(C(F)(F)F)cc3)ccc2c1)c1ccccc1. The fraction of sp³-hybridized carbons (Fsp3) is 0.194. The summed E-state index contributed by atoms with van der Waals surface area (Å²) in [5.74, 6) is -1.05. The first kappa shape index (κ1) is 32.8. The minimum absolute atomic E-state index is 0.156. The highest BCUT2D eigenvalue weighted by Crippen LogP contribution is 2.31. The molecule has 0 aliphatic carbocycles. The van der Waals surface area contributed by atoms with Gasteiger partial charge in [0.15, 0.2) is 0 Å². The molecule has 2 aromatic heterocycles. The maximum Gasteiger partial charge on any atom is 0.416 e. The van der Waals surface area contributed by atoms with Gasteiger partial charge in [0.1, 0.15) is 11.9 Å². The molecule has 240 valence electrons. The number of amides is 3. The summed E-state index contributed by atoms with van der Waals surface area (Å²) in [5.41, 5.74) is 1.41. The Morgan fingerprint density at radius 2 is 1.60 bits per heavy atom. The van der Waals surface area contributed by atoms with Crippen molar-refractivity contribution < 1.29 is 27.6 Å². The van der Waals surface area contributed by atoms with Gasteiger partial charge >= 0.3 is 6.18 Å². The molecule has 0 fully saturated rings. The number of benzene rings is 3. The molecule has 0 saturated carbocycles. The number of unbranched alkanes of at least 4 members (excludes halogenated alkanes) is 2. The molecule has 0 saturated heterocycles. The molecule has 0 radical (unpaired) electrons. The lowest BCUT2D eigenvalue weighted by Crippen LogP contribution is -2.40. The van der Waals surface area contributed by atoms with E-state index in [1.807, 2.05) is 6.07 Å². The molecule has 0 aliphatic rings. The van der Waals surface area contributed by atoms with E-state index in [0.29, 0.717) is 34.1 Å². The maximum atomic E-state index is 13.3. The van der Waals surface area contributed by atoms with E-state index in [-0.39, 0.29) is 23.0 Å². The lowest BCUT2D eigenvalue weighted by molar-refractivity contribution is -0.137. The Balaban J connectivity index is 1.31. The number of carbonyl (C=O) groups is 3. The average Bonchev–Trinajstić information content (AvgIpc) is 3.08. The van der Waals surface area contributed by atoms with Crippen molar-refractivity contribution in [2.45, 2.75) is 38.4 Å². The van der Waals surface area contributed by atoms with Crippen LogP contribution < -0.4 is 16.0 Å². The molecular formula is C36H32F3N5O3. The Labute approximate surface area is 269 Å². The minimum Gasteiger partial charge on any atom is -0.354 e. The third kappa shape index (κ3) is 8.18. The van der Waals surface area contributed by atoms with Crippen LogP contribution in [0.3, 0.4) is 0 Å². The molecule has 3 N–H and O–H groups in total. The third-order valence-electron chi connectivity index (χ3n) is 7.48. The van der Waals surface area contributed by atoms with Crippen molar-refractivity contribution in [3.05, 3.63) is 126 Å². The molecule has 47 heavy (non-hydrogen) atoms. The summed E-state index contributed by atoms with van der Waals surface area (Å²) in [6.07, 6.45) is -0.165. The van der Waals surface area contributed by atoms with Crippen LogP contribution in [0.2, 0.25) is 0 Å². The number of nitrogens with one attached hydrogen (secondary N) is 3. The summed E-state index contributed by atoms with van der Waals surface area (Å²) in [5, 5.41) is 9.11. The molecule has 5 rings (SSSR count). The van der Waals surface area contributed by atoms with Crippen LogP contribution in [-0.2, 0) is 11.0 Å². The largest absolute Gasteiger partial charge is 0.416 e. The minimum atomic E-state index is -4.48. The molecule has 1 atom stereocenters. The normalized spacial score (nSPS) is 11.9. The standard InChI is InChI=1S/C36H32F3N5O3/c1-2-3-7-20-41-35(47)32(23-9-5-4-6-10-23)44-33(45)26-14-18-29-25(22-26)15-19-30(42-29)43-34(46)28-11-8-21-40-31(28)24-12-16-27(17-13-24)36(37,38)39/h4-6,8-19,21-22,32H,2-3,7,20H2,1H3,(H,41,47)(H,44,45)(H,42,43,46)/t32-/m0/s1. The average molecular weight is 640 g/mol. The van der Waals surface area contributed by atoms with Gasteiger partial charge < -0.3 is 16.0 Å². The Morgan fingerprint density at radius 1 is 0.830 bits per heavy atom. The van der Waals surface area contributed by atoms with Crippen molar-refractivity contribution in [1.29, 1.82) is 0 Å². The van der Waals surface area contributed by atoms with Crippen LogP contribution >= 0.6 is 0 Å². The van der Waals surface area contributed by atoms with E-state index in [0.717, 1.165) is 31.4 Å². The van der Waals surface area contributed by atoms with Gasteiger partial charge in [-0.15, -0.1) is 0 Å². The van der Waals surface area contributed by atoms with Gasteiger partial charge in [-0.2, -0.15) is 13.2 Å². The first-order valence-corrected chi connectivity index (χ1v) is 15.1. The Kier molecular flexibility index (Phi) is 10.2. The fourth-order valence-electron chi connectivity index (χ4n) is 5.00. The van der Waals surface area contributed by atoms with Crippen LogP contribution in [0.5, 0.6) is 0 Å². The van der Waals surface area contributed by atoms with Gasteiger partial charge in [0.25, 0.3) is 11.8 Å². The molecule has 5 aromatic rings. The second-order valence-corrected chi connectivity index (χ2v) is 10.8. The lowest BCUT2D eigenvalue weighted by Gasteiger charge is -2.19. The Morgan fingerprint density at radius 3 is 2.32 bits per heavy atom. The van der Waals surface area contributed by atoms with E-state index in [2.05, 4.69) is 32.8 Å². The van der Waals surface area contributed by atoms with Crippen LogP contribution in [0.15, 0.2) is 103 Å². The number of rotatable bonds is 11. The van der Waals surface area contributed by atoms with E-state index >= 15 is 0 Å². The first-order valence-electron chi connectivity index (χ1n) is 15.1. The summed E-state index contributed by atoms with van der Waals surface area (Å²) in [4.78, 5) is 48.3. The molecule has 3 amide bonds. The zero-order valence-electron chi connectivity index (χ0n) is 25.5. The summed E-state index contributed by atoms with van der Waals surface area (Å²) in [6.45, 7) is 2.60. The maximum absolute atomic E-state index is 13.3. The predicted octanol–water partition coefficient (Wildman–Crippen LogP) is 7.35. The van der Waals surface area contributed by atoms with Gasteiger partial charge in [-0.1, -0.05) is 62.2 Å². The van der Waals surface area contributed by atoms with E-state index in [1.54, 1.807) is 60.7 Å². The summed E-state index contributed by atoms with van der Waals surface area (Å²) in [7, 11) is 0. The van der Waals surface area contributed by atoms with Crippen molar-refractivity contribution in [2.24, 2.45) is 0 Å². The highest BCUT2D eigenvalue weighted by atomic mass is 19.4. The van der Waals surface area contributed by atoms with Crippen LogP contribution in [0, 0.1) is 0 Å². The van der Waals surface area contributed by atoms with Crippen LogP contribution in [0.4, 0.5) is 19.0 Å². The van der Waals surface area contributed by atoms with Crippen LogP contribution in [0.25, 0.3) is 22.2 Å². The number of alkyl halides is 3. The molecule has 0 unspecified atom stereocenters. The summed E-state index contributed by atoms with van der Waals surface area (Å²) < 4.78 is 39.1. The smallest absolute Gasteiger partial charge is 0.354 e. The molecule has 3 aromatic carbocycles. The highest BCUT2D eigenvalue weighted by molar-refractivity contribution is 6.08. The van der Waals surface area contributed by atoms with Crippen molar-refractivity contribution in [1.82, 2.24) is 20.6 Å². The van der Waals surface area contributed by atoms with Gasteiger partial charge in [0.05, 0.1) is 22.3 Å². The van der Waals surface area contributed by atoms with E-state index in [1.165, 1.54) is 24.4 Å². The van der Waals surface area contributed by atoms with E-state index < -0.39 is 29.6 Å². The predicted molar refractivity (Wildman–Crippen MR) is 174 cm³/mol. The number of nitrogens with zero attached hydrogens (tertiary/aromatic N) is 2. The monoisotopic (exact) mass is 639 g/mol. The number of pyridine rings is 2. The van der Waals surface area contributed by atoms with Crippen molar-refractivity contribution in [3.8, 4) is 11.3 Å². The Bertz CT molecular complexity index is 1880. The van der Waals surface area contributed by atoms with Crippen LogP contribution in [0.1, 0.15) is 64.1 Å². The fourth-order valence-corrected chi connectivity index (χ4v) is 5.00. The second kappa shape index (κ2) is 14.7. The zero-order chi connectivity index (χ0) is 33.4. The molecule has 2 heterocycles. The third-order valence-corrected chi connectivity index (χ3v) is 7.48. The van der Waals surface area contributed by atoms with Crippen molar-refractivity contribution in [2.75, 3.05) is 11.9 Å². The molecule has 0 bridgehead atoms. The van der Waals surface area contributed by atoms with Crippen molar-refractivity contribution >= 4 is 34.4 Å². The van der Waals surface area contributed by atoms with Gasteiger partial charge in [-0.05, 0) is 66.6 Å². The number of hydrogen-bond acceptors (Lipinski definition) is 5. The van der Waals surface area contributed by atoms with Crippen molar-refractivity contribution in [3.63, 3.8) is 0 Å². The summed E-state index contributed by atoms with van der Waals surface area (Å²) in [6, 6.07) is 23.8. The van der Waals surface area contributed by atoms with Crippen LogP contribution in [-0.4, -0.2) is 34.2 Å². The molecule has 11 heteroatoms. The number of halogens is 3. The molecule has 0 aliphatic heterocycles. The quantitative estimate of drug-likeness (QED) is 0.131. The molecular weight excluding hydrogens is 607 g/mol. The van der Waals surface area contributed by atoms with Gasteiger partial charge in [-0.3, -0.25) is 19.4 Å². The Hall–Kier alpha value is -5.58. The summed E-state index contributed by atoms with van der Waals surface area (Å²) >= 11 is 0. The number of aromatic nitrogens is 2. The molecule has 8 nitrogen and oxygen atoms in total. The van der Waals surface area contributed by atoms with Gasteiger partial charge in [0.2, 0.25) is 5.91 Å². The topological polar surface area (TPSA) is 113 Å². The zero-order valence-corrected chi connectivity index (χ0v) is 25.5. The molecule has 0 spiro atoms. The van der Waals surface area contributed by atoms with Gasteiger partial charge in [0, 0.05) is 29.3 Å². The number of hydrogen-bond donors (Lipinski definition) is 3. The number of carbonyl (C=O) groups excluding carboxylic acids is 3. The first-order chi connectivity index (χ1) is 22.6. The second-order valence-electron chi connectivity index (χ2n) is 10.8. The van der Waals surface area contributed by atoms with E-state index in [4.69, 9.17) is 0 Å². The lowest BCUT2D eigenvalue weighted by atomic mass is 10.0. The van der Waals surface area contributed by atoms with Gasteiger partial charge in [-0.25, -0.2) is 4.98 Å². The number of fused-ring (bicyclic) bond motifs is 1.